The number of nitrogens with zero attached hydrogens (tertiary/aromatic N) is 1. The fraction of sp³-hybridized carbons (Fsp3) is 0.316. The van der Waals surface area contributed by atoms with E-state index in [0.29, 0.717) is 19.6 Å². The largest absolute Gasteiger partial charge is 0.513 e. The molecule has 11 heteroatoms. The van der Waals surface area contributed by atoms with Crippen LogP contribution in [0.15, 0.2) is 54.6 Å². The lowest BCUT2D eigenvalue weighted by Crippen LogP contribution is -2.37. The zero-order valence-corrected chi connectivity index (χ0v) is 17.0. The van der Waals surface area contributed by atoms with Crippen LogP contribution >= 0.6 is 7.75 Å². The SMILES string of the molecule is C[C@H](NP(=O)(Oc1ccccc1)Oc1ccc([N+](=O)[O-])cc1)C(=O)O[C@H]1CCOC1. The minimum Gasteiger partial charge on any atom is -0.459 e. The second kappa shape index (κ2) is 9.71. The molecule has 0 spiro atoms. The molecule has 1 aliphatic heterocycles. The molecule has 1 unspecified atom stereocenters. The number of carbonyl (C=O) groups excluding carboxylic acids is 1. The van der Waals surface area contributed by atoms with Gasteiger partial charge in [-0.1, -0.05) is 18.2 Å². The summed E-state index contributed by atoms with van der Waals surface area (Å²) in [4.78, 5) is 22.6. The van der Waals surface area contributed by atoms with Gasteiger partial charge in [0.05, 0.1) is 18.1 Å². The van der Waals surface area contributed by atoms with Crippen LogP contribution in [0, 0.1) is 10.1 Å². The van der Waals surface area contributed by atoms with Gasteiger partial charge in [0.15, 0.2) is 0 Å². The highest BCUT2D eigenvalue weighted by Gasteiger charge is 2.35. The molecule has 3 atom stereocenters. The lowest BCUT2D eigenvalue weighted by molar-refractivity contribution is -0.384. The number of carbonyl (C=O) groups is 1. The fourth-order valence-electron chi connectivity index (χ4n) is 2.62. The molecule has 1 N–H and O–H groups in total. The van der Waals surface area contributed by atoms with Crippen molar-refractivity contribution in [2.24, 2.45) is 0 Å². The van der Waals surface area contributed by atoms with Gasteiger partial charge in [-0.15, -0.1) is 0 Å². The van der Waals surface area contributed by atoms with Crippen molar-refractivity contribution < 1.29 is 32.8 Å². The van der Waals surface area contributed by atoms with Crippen molar-refractivity contribution in [2.45, 2.75) is 25.5 Å². The van der Waals surface area contributed by atoms with E-state index in [-0.39, 0.29) is 23.3 Å². The molecule has 2 aromatic rings. The van der Waals surface area contributed by atoms with Crippen LogP contribution in [0.4, 0.5) is 5.69 Å². The van der Waals surface area contributed by atoms with Gasteiger partial charge in [0.1, 0.15) is 23.6 Å². The average Bonchev–Trinajstić information content (AvgIpc) is 3.22. The van der Waals surface area contributed by atoms with Crippen LogP contribution in [0.5, 0.6) is 11.5 Å². The van der Waals surface area contributed by atoms with Crippen LogP contribution < -0.4 is 14.1 Å². The number of nitrogens with one attached hydrogen (secondary N) is 1. The molecule has 0 bridgehead atoms. The normalized spacial score (nSPS) is 18.8. The highest BCUT2D eigenvalue weighted by Crippen LogP contribution is 2.45. The third-order valence-electron chi connectivity index (χ3n) is 4.12. The minimum atomic E-state index is -4.11. The summed E-state index contributed by atoms with van der Waals surface area (Å²) >= 11 is 0. The van der Waals surface area contributed by atoms with Crippen molar-refractivity contribution in [1.29, 1.82) is 0 Å². The molecular formula is C19H21N2O8P. The van der Waals surface area contributed by atoms with E-state index in [2.05, 4.69) is 5.09 Å². The Bertz CT molecular complexity index is 916. The molecule has 2 aromatic carbocycles. The first-order chi connectivity index (χ1) is 14.3. The monoisotopic (exact) mass is 436 g/mol. The second-order valence-corrected chi connectivity index (χ2v) is 8.14. The van der Waals surface area contributed by atoms with Crippen LogP contribution in [0.1, 0.15) is 13.3 Å². The third kappa shape index (κ3) is 6.03. The Kier molecular flexibility index (Phi) is 7.04. The number of para-hydroxylation sites is 1. The number of ether oxygens (including phenoxy) is 2. The molecule has 1 saturated heterocycles. The smallest absolute Gasteiger partial charge is 0.459 e. The van der Waals surface area contributed by atoms with Gasteiger partial charge in [-0.3, -0.25) is 14.9 Å². The number of non-ortho nitro benzene ring substituents is 1. The Morgan fingerprint density at radius 2 is 1.80 bits per heavy atom. The summed E-state index contributed by atoms with van der Waals surface area (Å²) in [7, 11) is -4.11. The van der Waals surface area contributed by atoms with Crippen LogP contribution in [0.25, 0.3) is 0 Å². The molecule has 0 radical (unpaired) electrons. The summed E-state index contributed by atoms with van der Waals surface area (Å²) in [6.45, 7) is 2.30. The Hall–Kier alpha value is -2.94. The van der Waals surface area contributed by atoms with Gasteiger partial charge in [0.2, 0.25) is 0 Å². The van der Waals surface area contributed by atoms with Gasteiger partial charge in [-0.2, -0.15) is 5.09 Å². The summed E-state index contributed by atoms with van der Waals surface area (Å²) in [5.74, 6) is -0.313. The predicted molar refractivity (Wildman–Crippen MR) is 106 cm³/mol. The Labute approximate surface area is 172 Å². The molecule has 160 valence electrons. The van der Waals surface area contributed by atoms with E-state index >= 15 is 0 Å². The van der Waals surface area contributed by atoms with Gasteiger partial charge in [-0.05, 0) is 31.2 Å². The molecule has 0 aromatic heterocycles. The predicted octanol–water partition coefficient (Wildman–Crippen LogP) is 3.47. The Morgan fingerprint density at radius 1 is 1.17 bits per heavy atom. The molecule has 0 aliphatic carbocycles. The van der Waals surface area contributed by atoms with Crippen molar-refractivity contribution in [2.75, 3.05) is 13.2 Å². The van der Waals surface area contributed by atoms with Crippen molar-refractivity contribution >= 4 is 19.4 Å². The van der Waals surface area contributed by atoms with Crippen LogP contribution in [0.3, 0.4) is 0 Å². The van der Waals surface area contributed by atoms with E-state index in [9.17, 15) is 19.5 Å². The summed E-state index contributed by atoms with van der Waals surface area (Å²) in [5.41, 5.74) is -0.148. The maximum absolute atomic E-state index is 13.4. The number of hydrogen-bond donors (Lipinski definition) is 1. The Morgan fingerprint density at radius 3 is 2.37 bits per heavy atom. The number of nitro benzene ring substituents is 1. The van der Waals surface area contributed by atoms with E-state index in [1.54, 1.807) is 30.3 Å². The van der Waals surface area contributed by atoms with Crippen molar-refractivity contribution in [3.8, 4) is 11.5 Å². The summed E-state index contributed by atoms with van der Waals surface area (Å²) in [6, 6.07) is 12.3. The fourth-order valence-corrected chi connectivity index (χ4v) is 4.14. The molecule has 1 heterocycles. The zero-order chi connectivity index (χ0) is 21.6. The van der Waals surface area contributed by atoms with E-state index in [1.807, 2.05) is 0 Å². The first kappa shape index (κ1) is 21.8. The topological polar surface area (TPSA) is 126 Å². The van der Waals surface area contributed by atoms with Crippen LogP contribution in [0.2, 0.25) is 0 Å². The van der Waals surface area contributed by atoms with Crippen molar-refractivity contribution in [1.82, 2.24) is 5.09 Å². The van der Waals surface area contributed by atoms with Crippen LogP contribution in [-0.4, -0.2) is 36.3 Å². The molecule has 1 aliphatic rings. The molecule has 10 nitrogen and oxygen atoms in total. The quantitative estimate of drug-likeness (QED) is 0.272. The standard InChI is InChI=1S/C19H21N2O8P/c1-14(19(22)27-18-11-12-26-13-18)20-30(25,28-16-5-3-2-4-6-16)29-17-9-7-15(8-10-17)21(23)24/h2-10,14,18H,11-13H2,1H3,(H,20,25)/t14-,18-,30?/m0/s1. The van der Waals surface area contributed by atoms with Gasteiger partial charge < -0.3 is 18.5 Å². The number of rotatable bonds is 9. The first-order valence-electron chi connectivity index (χ1n) is 9.19. The number of esters is 1. The Balaban J connectivity index is 1.75. The van der Waals surface area contributed by atoms with Gasteiger partial charge in [-0.25, -0.2) is 4.57 Å². The van der Waals surface area contributed by atoms with E-state index < -0.39 is 24.7 Å². The maximum atomic E-state index is 13.4. The highest BCUT2D eigenvalue weighted by atomic mass is 31.2. The van der Waals surface area contributed by atoms with Gasteiger partial charge in [0, 0.05) is 18.6 Å². The number of nitro groups is 1. The van der Waals surface area contributed by atoms with Gasteiger partial charge >= 0.3 is 13.7 Å². The van der Waals surface area contributed by atoms with E-state index in [1.165, 1.54) is 31.2 Å². The lowest BCUT2D eigenvalue weighted by Gasteiger charge is -2.23. The lowest BCUT2D eigenvalue weighted by atomic mass is 10.3. The first-order valence-corrected chi connectivity index (χ1v) is 10.7. The van der Waals surface area contributed by atoms with Crippen molar-refractivity contribution in [3.05, 3.63) is 64.7 Å². The van der Waals surface area contributed by atoms with Crippen molar-refractivity contribution in [3.63, 3.8) is 0 Å². The van der Waals surface area contributed by atoms with Gasteiger partial charge in [0.25, 0.3) is 5.69 Å². The summed E-state index contributed by atoms with van der Waals surface area (Å²) in [5, 5.41) is 13.4. The number of benzene rings is 2. The van der Waals surface area contributed by atoms with E-state index in [0.717, 1.165) is 0 Å². The molecule has 30 heavy (non-hydrogen) atoms. The van der Waals surface area contributed by atoms with Crippen LogP contribution in [-0.2, 0) is 18.8 Å². The summed E-state index contributed by atoms with van der Waals surface area (Å²) in [6.07, 6.45) is 0.238. The minimum absolute atomic E-state index is 0.0668. The summed E-state index contributed by atoms with van der Waals surface area (Å²) < 4.78 is 34.9. The average molecular weight is 436 g/mol. The van der Waals surface area contributed by atoms with E-state index in [4.69, 9.17) is 18.5 Å². The molecule has 3 rings (SSSR count). The number of hydrogen-bond acceptors (Lipinski definition) is 8. The maximum Gasteiger partial charge on any atom is 0.513 e. The third-order valence-corrected chi connectivity index (χ3v) is 5.72. The second-order valence-electron chi connectivity index (χ2n) is 6.52. The molecule has 1 fully saturated rings. The zero-order valence-electron chi connectivity index (χ0n) is 16.1. The molecule has 0 saturated carbocycles. The molecule has 0 amide bonds. The molecular weight excluding hydrogens is 415 g/mol. The highest BCUT2D eigenvalue weighted by molar-refractivity contribution is 7.52.